The number of nitrogens with one attached hydrogen (secondary N) is 1. The van der Waals surface area contributed by atoms with Crippen LogP contribution in [0.1, 0.15) is 32.3 Å². The van der Waals surface area contributed by atoms with Gasteiger partial charge in [0.05, 0.1) is 4.90 Å². The van der Waals surface area contributed by atoms with Crippen LogP contribution in [0.25, 0.3) is 0 Å². The van der Waals surface area contributed by atoms with Crippen LogP contribution < -0.4 is 5.32 Å². The Morgan fingerprint density at radius 2 is 1.86 bits per heavy atom. The van der Waals surface area contributed by atoms with Gasteiger partial charge < -0.3 is 10.4 Å². The normalized spacial score (nSPS) is 12.0. The number of benzene rings is 1. The maximum absolute atomic E-state index is 12.5. The molecule has 6 heteroatoms. The van der Waals surface area contributed by atoms with Crippen LogP contribution in [0.3, 0.4) is 0 Å². The Hall–Kier alpha value is -0.950. The second kappa shape index (κ2) is 9.15. The van der Waals surface area contributed by atoms with Crippen LogP contribution in [-0.2, 0) is 16.6 Å². The van der Waals surface area contributed by atoms with Crippen molar-refractivity contribution in [2.24, 2.45) is 0 Å². The number of aliphatic hydroxyl groups is 1. The van der Waals surface area contributed by atoms with E-state index in [0.717, 1.165) is 25.1 Å². The third-order valence-corrected chi connectivity index (χ3v) is 5.22. The van der Waals surface area contributed by atoms with Gasteiger partial charge in [0, 0.05) is 26.2 Å². The summed E-state index contributed by atoms with van der Waals surface area (Å²) in [6.07, 6.45) is 1.52. The van der Waals surface area contributed by atoms with Crippen molar-refractivity contribution in [3.05, 3.63) is 29.8 Å². The highest BCUT2D eigenvalue weighted by molar-refractivity contribution is 7.89. The fourth-order valence-electron chi connectivity index (χ4n) is 2.03. The lowest BCUT2D eigenvalue weighted by Gasteiger charge is -2.20. The lowest BCUT2D eigenvalue weighted by Crippen LogP contribution is -2.32. The van der Waals surface area contributed by atoms with E-state index >= 15 is 0 Å². The second-order valence-corrected chi connectivity index (χ2v) is 6.83. The Morgan fingerprint density at radius 1 is 1.19 bits per heavy atom. The summed E-state index contributed by atoms with van der Waals surface area (Å²) in [6, 6.07) is 6.99. The quantitative estimate of drug-likeness (QED) is 0.643. The van der Waals surface area contributed by atoms with Crippen molar-refractivity contribution in [3.63, 3.8) is 0 Å². The highest BCUT2D eigenvalue weighted by Gasteiger charge is 2.22. The van der Waals surface area contributed by atoms with Gasteiger partial charge in [0.25, 0.3) is 0 Å². The smallest absolute Gasteiger partial charge is 0.243 e. The van der Waals surface area contributed by atoms with Gasteiger partial charge in [-0.15, -0.1) is 0 Å². The van der Waals surface area contributed by atoms with Crippen LogP contribution >= 0.6 is 0 Å². The van der Waals surface area contributed by atoms with E-state index in [9.17, 15) is 8.42 Å². The maximum Gasteiger partial charge on any atom is 0.243 e. The predicted octanol–water partition coefficient (Wildman–Crippen LogP) is 1.58. The molecule has 1 rings (SSSR count). The molecule has 0 saturated heterocycles. The fraction of sp³-hybridized carbons (Fsp3) is 0.600. The minimum atomic E-state index is -3.46. The number of hydrogen-bond donors (Lipinski definition) is 2. The molecule has 1 aromatic rings. The van der Waals surface area contributed by atoms with E-state index in [4.69, 9.17) is 5.11 Å². The number of aliphatic hydroxyl groups excluding tert-OH is 1. The molecule has 2 N–H and O–H groups in total. The molecule has 0 bridgehead atoms. The SMILES string of the molecule is CCCNCc1ccc(S(=O)(=O)N(CC)CCCO)cc1. The summed E-state index contributed by atoms with van der Waals surface area (Å²) in [5.74, 6) is 0. The molecule has 0 aliphatic rings. The van der Waals surface area contributed by atoms with Crippen LogP contribution in [0.15, 0.2) is 29.2 Å². The molecule has 21 heavy (non-hydrogen) atoms. The first-order valence-electron chi connectivity index (χ1n) is 7.46. The molecule has 1 aromatic carbocycles. The lowest BCUT2D eigenvalue weighted by molar-refractivity contribution is 0.271. The Kier molecular flexibility index (Phi) is 7.88. The van der Waals surface area contributed by atoms with Crippen molar-refractivity contribution >= 4 is 10.0 Å². The predicted molar refractivity (Wildman–Crippen MR) is 84.6 cm³/mol. The largest absolute Gasteiger partial charge is 0.396 e. The van der Waals surface area contributed by atoms with Gasteiger partial charge in [0.2, 0.25) is 10.0 Å². The third kappa shape index (κ3) is 5.39. The average Bonchev–Trinajstić information content (AvgIpc) is 2.48. The van der Waals surface area contributed by atoms with Gasteiger partial charge in [0.15, 0.2) is 0 Å². The van der Waals surface area contributed by atoms with E-state index < -0.39 is 10.0 Å². The van der Waals surface area contributed by atoms with Crippen LogP contribution in [0.5, 0.6) is 0 Å². The van der Waals surface area contributed by atoms with Crippen molar-refractivity contribution in [2.45, 2.75) is 38.1 Å². The molecule has 0 fully saturated rings. The number of rotatable bonds is 10. The molecule has 0 spiro atoms. The molecule has 0 aromatic heterocycles. The second-order valence-electron chi connectivity index (χ2n) is 4.89. The van der Waals surface area contributed by atoms with E-state index in [2.05, 4.69) is 12.2 Å². The van der Waals surface area contributed by atoms with Crippen LogP contribution in [-0.4, -0.2) is 44.1 Å². The zero-order valence-corrected chi connectivity index (χ0v) is 13.7. The summed E-state index contributed by atoms with van der Waals surface area (Å²) >= 11 is 0. The first-order valence-corrected chi connectivity index (χ1v) is 8.91. The average molecular weight is 314 g/mol. The van der Waals surface area contributed by atoms with Crippen molar-refractivity contribution in [1.82, 2.24) is 9.62 Å². The van der Waals surface area contributed by atoms with Gasteiger partial charge in [-0.05, 0) is 37.1 Å². The Balaban J connectivity index is 2.78. The monoisotopic (exact) mass is 314 g/mol. The third-order valence-electron chi connectivity index (χ3n) is 3.24. The van der Waals surface area contributed by atoms with E-state index in [-0.39, 0.29) is 6.61 Å². The molecule has 0 unspecified atom stereocenters. The zero-order valence-electron chi connectivity index (χ0n) is 12.9. The van der Waals surface area contributed by atoms with E-state index in [1.54, 1.807) is 19.1 Å². The van der Waals surface area contributed by atoms with Crippen LogP contribution in [0.4, 0.5) is 0 Å². The lowest BCUT2D eigenvalue weighted by atomic mass is 10.2. The molecular weight excluding hydrogens is 288 g/mol. The molecule has 0 radical (unpaired) electrons. The highest BCUT2D eigenvalue weighted by Crippen LogP contribution is 2.16. The molecule has 0 amide bonds. The van der Waals surface area contributed by atoms with Crippen molar-refractivity contribution in [2.75, 3.05) is 26.2 Å². The number of nitrogens with zero attached hydrogens (tertiary/aromatic N) is 1. The van der Waals surface area contributed by atoms with Gasteiger partial charge in [0.1, 0.15) is 0 Å². The molecule has 120 valence electrons. The van der Waals surface area contributed by atoms with E-state index in [1.165, 1.54) is 4.31 Å². The van der Waals surface area contributed by atoms with Crippen LogP contribution in [0, 0.1) is 0 Å². The van der Waals surface area contributed by atoms with Crippen molar-refractivity contribution in [3.8, 4) is 0 Å². The number of sulfonamides is 1. The zero-order chi connectivity index (χ0) is 15.7. The highest BCUT2D eigenvalue weighted by atomic mass is 32.2. The molecule has 0 aliphatic carbocycles. The summed E-state index contributed by atoms with van der Waals surface area (Å²) in [6.45, 7) is 6.35. The first kappa shape index (κ1) is 18.1. The standard InChI is InChI=1S/C15H26N2O3S/c1-3-10-16-13-14-6-8-15(9-7-14)21(19,20)17(4-2)11-5-12-18/h6-9,16,18H,3-5,10-13H2,1-2H3. The Bertz CT molecular complexity index is 500. The molecule has 0 saturated carbocycles. The minimum absolute atomic E-state index is 0.00590. The molecule has 0 aliphatic heterocycles. The first-order chi connectivity index (χ1) is 10.1. The van der Waals surface area contributed by atoms with E-state index in [0.29, 0.717) is 24.4 Å². The molecular formula is C15H26N2O3S. The molecule has 0 atom stereocenters. The van der Waals surface area contributed by atoms with Gasteiger partial charge in [-0.25, -0.2) is 8.42 Å². The fourth-order valence-corrected chi connectivity index (χ4v) is 3.52. The van der Waals surface area contributed by atoms with Gasteiger partial charge >= 0.3 is 0 Å². The summed E-state index contributed by atoms with van der Waals surface area (Å²) in [7, 11) is -3.46. The van der Waals surface area contributed by atoms with Gasteiger partial charge in [-0.3, -0.25) is 0 Å². The van der Waals surface area contributed by atoms with Gasteiger partial charge in [-0.2, -0.15) is 4.31 Å². The summed E-state index contributed by atoms with van der Waals surface area (Å²) in [5, 5.41) is 12.1. The summed E-state index contributed by atoms with van der Waals surface area (Å²) in [5.41, 5.74) is 1.07. The molecule has 0 heterocycles. The van der Waals surface area contributed by atoms with Crippen molar-refractivity contribution in [1.29, 1.82) is 0 Å². The Morgan fingerprint density at radius 3 is 2.38 bits per heavy atom. The van der Waals surface area contributed by atoms with E-state index in [1.807, 2.05) is 12.1 Å². The molecule has 5 nitrogen and oxygen atoms in total. The topological polar surface area (TPSA) is 69.6 Å². The summed E-state index contributed by atoms with van der Waals surface area (Å²) in [4.78, 5) is 0.307. The summed E-state index contributed by atoms with van der Waals surface area (Å²) < 4.78 is 26.3. The minimum Gasteiger partial charge on any atom is -0.396 e. The van der Waals surface area contributed by atoms with Crippen molar-refractivity contribution < 1.29 is 13.5 Å². The Labute approximate surface area is 128 Å². The van der Waals surface area contributed by atoms with Gasteiger partial charge in [-0.1, -0.05) is 26.0 Å². The number of hydrogen-bond acceptors (Lipinski definition) is 4. The maximum atomic E-state index is 12.5. The van der Waals surface area contributed by atoms with Crippen LogP contribution in [0.2, 0.25) is 0 Å².